The van der Waals surface area contributed by atoms with Gasteiger partial charge in [-0.25, -0.2) is 4.98 Å². The molecule has 0 bridgehead atoms. The number of hydrogen-bond acceptors (Lipinski definition) is 23. The Balaban J connectivity index is 0.615. The number of ether oxygens (including phenoxy) is 8. The standard InChI is InChI=1S/C90H126Br2N10O19S/c1-13-21-62(95-85(109)70-54-122-87(97-70)80(121-60(9)103)48-72(55(3)4)99(11)88(111)65(58(7)14-2)45-76(106)71-22-16-17-29-98(71)10)43-61-24-25-74(104)69(44-61)96-81(107)26-33-116-38-39-118-35-28-93-86(110)84(92)83(91)75(105)23-20-30-115-36-37-117-34-27-82(108)102-53-64-41-57(6)52-101(64)90(113)67-42-59(8)77(49-73(67)102)119-31-18-15-19-32-120-79-47-68-66(46-78(79)114-12)89(112)100-51-56(5)40-63(100)50-94-68/h24-25,42,44,46-47,49,54-55,58,62-65,71-72,80,83-84,94,104H,5-6,13-23,26-41,43,45,48,50-53H2,1-4,7-12H3,(H,93,110)(H,95,109)(H,96,107)/t58-,62-,63-,64-,65-,71+,72+,80+,83?,84?/m0/s1. The maximum absolute atomic E-state index is 14.5. The number of esters is 1. The number of halogens is 2. The minimum atomic E-state index is -0.861. The molecule has 5 aliphatic rings. The molecule has 3 aromatic carbocycles. The molecule has 5 aliphatic heterocycles. The largest absolute Gasteiger partial charge is 0.506 e. The first-order chi connectivity index (χ1) is 58.5. The number of fused-ring (bicyclic) bond motifs is 4. The van der Waals surface area contributed by atoms with Crippen LogP contribution in [0.1, 0.15) is 204 Å². The second-order valence-electron chi connectivity index (χ2n) is 32.9. The summed E-state index contributed by atoms with van der Waals surface area (Å²) < 4.78 is 46.9. The summed E-state index contributed by atoms with van der Waals surface area (Å²) in [5, 5.41) is 24.8. The molecule has 0 spiro atoms. The van der Waals surface area contributed by atoms with Crippen LogP contribution in [0, 0.1) is 24.7 Å². The molecule has 0 aliphatic carbocycles. The van der Waals surface area contributed by atoms with Gasteiger partial charge < -0.3 is 83.9 Å². The van der Waals surface area contributed by atoms with Gasteiger partial charge >= 0.3 is 5.97 Å². The smallest absolute Gasteiger partial charge is 0.303 e. The number of thiazole rings is 1. The summed E-state index contributed by atoms with van der Waals surface area (Å²) in [6, 6.07) is 10.9. The lowest BCUT2D eigenvalue weighted by Crippen LogP contribution is -2.48. The Labute approximate surface area is 738 Å². The lowest BCUT2D eigenvalue weighted by atomic mass is 9.83. The number of phenols is 1. The second kappa shape index (κ2) is 48.2. The summed E-state index contributed by atoms with van der Waals surface area (Å²) in [5.41, 5.74) is 6.01. The van der Waals surface area contributed by atoms with Crippen LogP contribution in [0.3, 0.4) is 0 Å². The van der Waals surface area contributed by atoms with Gasteiger partial charge in [0.25, 0.3) is 17.7 Å². The molecular weight excluding hydrogens is 1720 g/mol. The molecular formula is C90H126Br2N10O19S. The van der Waals surface area contributed by atoms with E-state index in [0.29, 0.717) is 104 Å². The lowest BCUT2D eigenvalue weighted by molar-refractivity contribution is -0.149. The van der Waals surface area contributed by atoms with Crippen LogP contribution in [0.5, 0.6) is 23.0 Å². The Morgan fingerprint density at radius 2 is 1.44 bits per heavy atom. The first-order valence-corrected chi connectivity index (χ1v) is 45.8. The predicted molar refractivity (Wildman–Crippen MR) is 474 cm³/mol. The molecule has 2 unspecified atom stereocenters. The summed E-state index contributed by atoms with van der Waals surface area (Å²) in [5.74, 6) is -1.55. The number of amides is 7. The van der Waals surface area contributed by atoms with Crippen LogP contribution in [0.15, 0.2) is 72.1 Å². The Hall–Kier alpha value is -8.37. The van der Waals surface area contributed by atoms with Crippen LogP contribution >= 0.6 is 43.2 Å². The van der Waals surface area contributed by atoms with Gasteiger partial charge in [0, 0.05) is 108 Å². The molecule has 10 atom stereocenters. The third kappa shape index (κ3) is 27.6. The Bertz CT molecular complexity index is 4300. The normalized spacial score (nSPS) is 18.2. The van der Waals surface area contributed by atoms with Gasteiger partial charge in [-0.2, -0.15) is 0 Å². The van der Waals surface area contributed by atoms with E-state index in [9.17, 15) is 53.1 Å². The first kappa shape index (κ1) is 97.4. The number of Topliss-reactive ketones (excluding diaryl/α,β-unsaturated/α-hetero) is 2. The van der Waals surface area contributed by atoms with Crippen LogP contribution in [-0.4, -0.2) is 255 Å². The molecule has 4 aromatic rings. The molecule has 0 radical (unpaired) electrons. The zero-order valence-electron chi connectivity index (χ0n) is 72.6. The van der Waals surface area contributed by atoms with Crippen molar-refractivity contribution in [2.24, 2.45) is 17.8 Å². The molecule has 1 aromatic heterocycles. The number of carbonyl (C=O) groups excluding carboxylic acids is 10. The summed E-state index contributed by atoms with van der Waals surface area (Å²) in [7, 11) is 5.29. The maximum Gasteiger partial charge on any atom is 0.303 e. The third-order valence-corrected chi connectivity index (χ3v) is 26.9. The van der Waals surface area contributed by atoms with Crippen LogP contribution < -0.4 is 40.4 Å². The number of unbranched alkanes of at least 4 members (excludes halogenated alkanes) is 2. The van der Waals surface area contributed by atoms with E-state index < -0.39 is 51.4 Å². The molecule has 32 heteroatoms. The molecule has 670 valence electrons. The number of alkyl halides is 2. The van der Waals surface area contributed by atoms with Gasteiger partial charge in [-0.15, -0.1) is 11.3 Å². The number of ketones is 2. The van der Waals surface area contributed by atoms with Crippen molar-refractivity contribution < 1.29 is 90.9 Å². The lowest BCUT2D eigenvalue weighted by Gasteiger charge is -2.37. The number of aryl methyl sites for hydroxylation is 1. The van der Waals surface area contributed by atoms with Gasteiger partial charge in [0.15, 0.2) is 23.4 Å². The highest BCUT2D eigenvalue weighted by molar-refractivity contribution is 9.12. The topological polar surface area (TPSA) is 342 Å². The van der Waals surface area contributed by atoms with E-state index in [0.717, 1.165) is 92.3 Å². The molecule has 3 fully saturated rings. The average Bonchev–Trinajstić information content (AvgIpc) is 1.60. The van der Waals surface area contributed by atoms with Crippen molar-refractivity contribution in [3.05, 3.63) is 105 Å². The van der Waals surface area contributed by atoms with Crippen LogP contribution in [-0.2, 0) is 63.7 Å². The summed E-state index contributed by atoms with van der Waals surface area (Å²) in [6.45, 7) is 26.6. The van der Waals surface area contributed by atoms with Crippen molar-refractivity contribution in [2.45, 2.75) is 210 Å². The summed E-state index contributed by atoms with van der Waals surface area (Å²) >= 11 is 7.92. The molecule has 122 heavy (non-hydrogen) atoms. The zero-order chi connectivity index (χ0) is 88.3. The molecule has 0 saturated carbocycles. The molecule has 7 amide bonds. The highest BCUT2D eigenvalue weighted by Crippen LogP contribution is 2.41. The van der Waals surface area contributed by atoms with Crippen molar-refractivity contribution in [3.8, 4) is 23.0 Å². The van der Waals surface area contributed by atoms with E-state index in [4.69, 9.17) is 37.9 Å². The highest BCUT2D eigenvalue weighted by Gasteiger charge is 2.42. The molecule has 6 heterocycles. The van der Waals surface area contributed by atoms with Gasteiger partial charge in [0.05, 0.1) is 131 Å². The van der Waals surface area contributed by atoms with E-state index in [1.165, 1.54) is 24.3 Å². The Kier molecular flexibility index (Phi) is 38.5. The molecule has 9 rings (SSSR count). The van der Waals surface area contributed by atoms with Crippen LogP contribution in [0.4, 0.5) is 17.1 Å². The number of aromatic nitrogens is 1. The monoisotopic (exact) mass is 1840 g/mol. The first-order valence-electron chi connectivity index (χ1n) is 43.0. The minimum Gasteiger partial charge on any atom is -0.506 e. The minimum absolute atomic E-state index is 0.0266. The molecule has 29 nitrogen and oxygen atoms in total. The van der Waals surface area contributed by atoms with E-state index in [1.807, 2.05) is 59.6 Å². The van der Waals surface area contributed by atoms with Crippen molar-refractivity contribution in [1.29, 1.82) is 0 Å². The number of aromatic hydroxyl groups is 1. The van der Waals surface area contributed by atoms with Crippen molar-refractivity contribution in [1.82, 2.24) is 35.2 Å². The van der Waals surface area contributed by atoms with Crippen molar-refractivity contribution in [2.75, 3.05) is 142 Å². The number of nitrogens with one attached hydrogen (secondary N) is 4. The fourth-order valence-corrected chi connectivity index (χ4v) is 18.0. The number of anilines is 3. The number of benzene rings is 3. The quantitative estimate of drug-likeness (QED) is 0.00901. The number of phenolic OH excluding ortho intramolecular Hbond substituents is 1. The van der Waals surface area contributed by atoms with Gasteiger partial charge in [-0.1, -0.05) is 116 Å². The SMILES string of the molecule is C=C1C[C@H]2CNc3cc(OCCCCCOc4cc5c(cc4C)C(=O)N4CC(=C)C[C@H]4CN5C(=O)CCOCCOCCCC(=O)C(Br)C(Br)C(=O)NCCOCCOCCC(=O)Nc4cc(C[C@H](CCC)NC(=O)c5csc([C@@H](C[C@H](C(C)C)N(C)C(=O)[C@@H](CC(=O)[C@H]6CCCCN6C)[C@@H](C)CC)OC(C)=O)n5)ccc4O)c(OC)cc3C(=O)N2C1. The predicted octanol–water partition coefficient (Wildman–Crippen LogP) is 12.3. The van der Waals surface area contributed by atoms with Crippen LogP contribution in [0.2, 0.25) is 0 Å². The fourth-order valence-electron chi connectivity index (χ4n) is 16.3. The van der Waals surface area contributed by atoms with Crippen molar-refractivity contribution in [3.63, 3.8) is 0 Å². The number of carbonyl (C=O) groups is 10. The zero-order valence-corrected chi connectivity index (χ0v) is 76.6. The summed E-state index contributed by atoms with van der Waals surface area (Å²) in [6.07, 6.45) is 8.95. The fraction of sp³-hybridized carbons (Fsp3) is 0.611. The average molecular weight is 1840 g/mol. The van der Waals surface area contributed by atoms with Crippen molar-refractivity contribution >= 4 is 119 Å². The molecule has 3 saturated heterocycles. The second-order valence-corrected chi connectivity index (χ2v) is 35.8. The van der Waals surface area contributed by atoms with Gasteiger partial charge in [-0.3, -0.25) is 52.8 Å². The van der Waals surface area contributed by atoms with E-state index in [1.54, 1.807) is 64.6 Å². The number of nitrogens with zero attached hydrogens (tertiary/aromatic N) is 6. The van der Waals surface area contributed by atoms with Crippen LogP contribution in [0.25, 0.3) is 0 Å². The molecule has 5 N–H and O–H groups in total. The van der Waals surface area contributed by atoms with E-state index >= 15 is 0 Å². The van der Waals surface area contributed by atoms with Gasteiger partial charge in [-0.05, 0) is 132 Å². The number of piperidine rings is 1. The maximum atomic E-state index is 14.5. The number of methoxy groups -OCH3 is 1. The number of likely N-dealkylation sites (tertiary alicyclic amines) is 1. The number of rotatable bonds is 50. The van der Waals surface area contributed by atoms with Gasteiger partial charge in [0.2, 0.25) is 23.6 Å². The Morgan fingerprint density at radius 1 is 0.770 bits per heavy atom. The highest BCUT2D eigenvalue weighted by atomic mass is 79.9. The van der Waals surface area contributed by atoms with E-state index in [2.05, 4.69) is 76.2 Å². The van der Waals surface area contributed by atoms with E-state index in [-0.39, 0.29) is 180 Å². The number of likely N-dealkylation sites (N-methyl/N-ethyl adjacent to an activating group) is 1. The van der Waals surface area contributed by atoms with Gasteiger partial charge in [0.1, 0.15) is 32.8 Å². The summed E-state index contributed by atoms with van der Waals surface area (Å²) in [4.78, 5) is 148. The third-order valence-electron chi connectivity index (χ3n) is 23.3. The Morgan fingerprint density at radius 3 is 2.12 bits per heavy atom. The number of hydrogen-bond donors (Lipinski definition) is 5.